The Hall–Kier alpha value is -2.99. The van der Waals surface area contributed by atoms with Gasteiger partial charge in [-0.15, -0.1) is 0 Å². The number of aryl methyl sites for hydroxylation is 1. The van der Waals surface area contributed by atoms with Crippen LogP contribution in [0.3, 0.4) is 0 Å². The van der Waals surface area contributed by atoms with E-state index in [1.807, 2.05) is 29.8 Å². The Morgan fingerprint density at radius 2 is 1.73 bits per heavy atom. The Morgan fingerprint density at radius 3 is 2.48 bits per heavy atom. The van der Waals surface area contributed by atoms with Gasteiger partial charge in [-0.25, -0.2) is 9.07 Å². The molecule has 0 unspecified atom stereocenters. The van der Waals surface area contributed by atoms with Crippen LogP contribution in [0.2, 0.25) is 0 Å². The Balaban J connectivity index is 1.37. The first kappa shape index (κ1) is 21.8. The molecule has 2 atom stereocenters. The number of hydrogen-bond donors (Lipinski definition) is 0. The van der Waals surface area contributed by atoms with Crippen molar-refractivity contribution in [1.82, 2.24) is 19.6 Å². The largest absolute Gasteiger partial charge is 0.334 e. The minimum Gasteiger partial charge on any atom is -0.334 e. The van der Waals surface area contributed by atoms with Gasteiger partial charge >= 0.3 is 0 Å². The summed E-state index contributed by atoms with van der Waals surface area (Å²) in [5, 5.41) is 4.76. The van der Waals surface area contributed by atoms with E-state index in [0.717, 1.165) is 49.4 Å². The summed E-state index contributed by atoms with van der Waals surface area (Å²) in [6.07, 6.45) is 3.63. The molecule has 0 radical (unpaired) electrons. The average Bonchev–Trinajstić information content (AvgIpc) is 3.29. The fourth-order valence-corrected chi connectivity index (χ4v) is 5.55. The van der Waals surface area contributed by atoms with Crippen LogP contribution in [0.4, 0.5) is 4.39 Å². The van der Waals surface area contributed by atoms with Gasteiger partial charge in [0.05, 0.1) is 11.4 Å². The highest BCUT2D eigenvalue weighted by Crippen LogP contribution is 2.33. The molecule has 2 aliphatic heterocycles. The highest BCUT2D eigenvalue weighted by Gasteiger charge is 2.41. The van der Waals surface area contributed by atoms with E-state index in [1.165, 1.54) is 23.3 Å². The normalized spacial score (nSPS) is 21.3. The lowest BCUT2D eigenvalue weighted by molar-refractivity contribution is -0.133. The highest BCUT2D eigenvalue weighted by molar-refractivity contribution is 5.77. The molecule has 172 valence electrons. The number of carbonyl (C=O) groups is 1. The van der Waals surface area contributed by atoms with Gasteiger partial charge in [0.25, 0.3) is 0 Å². The number of nitrogens with zero attached hydrogens (tertiary/aromatic N) is 4. The van der Waals surface area contributed by atoms with E-state index >= 15 is 0 Å². The smallest absolute Gasteiger partial charge is 0.223 e. The first-order valence-electron chi connectivity index (χ1n) is 11.9. The van der Waals surface area contributed by atoms with E-state index in [0.29, 0.717) is 19.0 Å². The van der Waals surface area contributed by atoms with Crippen molar-refractivity contribution in [2.45, 2.75) is 64.7 Å². The summed E-state index contributed by atoms with van der Waals surface area (Å²) in [7, 11) is 0. The molecule has 2 saturated heterocycles. The van der Waals surface area contributed by atoms with Crippen LogP contribution in [-0.2, 0) is 17.9 Å². The third kappa shape index (κ3) is 4.32. The summed E-state index contributed by atoms with van der Waals surface area (Å²) in [4.78, 5) is 17.7. The van der Waals surface area contributed by atoms with Crippen LogP contribution < -0.4 is 0 Å². The summed E-state index contributed by atoms with van der Waals surface area (Å²) in [5.74, 6) is 0.0382. The van der Waals surface area contributed by atoms with E-state index < -0.39 is 0 Å². The van der Waals surface area contributed by atoms with Crippen molar-refractivity contribution in [2.24, 2.45) is 0 Å². The van der Waals surface area contributed by atoms with Crippen LogP contribution in [0.5, 0.6) is 0 Å². The van der Waals surface area contributed by atoms with E-state index in [2.05, 4.69) is 28.9 Å². The standard InChI is InChI=1S/C27H31FN4O/c1-19-24(20(2)32(29-19)23-13-11-22(28)12-14-23)18-30-16-15-26-25(30)9-6-10-27(33)31(26)17-21-7-4-3-5-8-21/h3-5,7-8,11-14,25-26H,6,9-10,15-18H2,1-2H3/t25-,26-/m1/s1. The average molecular weight is 447 g/mol. The Kier molecular flexibility index (Phi) is 6.02. The molecule has 1 amide bonds. The van der Waals surface area contributed by atoms with Gasteiger partial charge in [-0.2, -0.15) is 5.10 Å². The SMILES string of the molecule is Cc1nn(-c2ccc(F)cc2)c(C)c1CN1CC[C@@H]2[C@H]1CCCC(=O)N2Cc1ccccc1. The molecule has 33 heavy (non-hydrogen) atoms. The van der Waals surface area contributed by atoms with Crippen LogP contribution in [0.25, 0.3) is 5.69 Å². The van der Waals surface area contributed by atoms with Crippen molar-refractivity contribution >= 4 is 5.91 Å². The lowest BCUT2D eigenvalue weighted by Crippen LogP contribution is -2.45. The number of fused-ring (bicyclic) bond motifs is 1. The highest BCUT2D eigenvalue weighted by atomic mass is 19.1. The molecule has 0 aliphatic carbocycles. The molecule has 2 aromatic carbocycles. The second-order valence-electron chi connectivity index (χ2n) is 9.33. The van der Waals surface area contributed by atoms with E-state index in [9.17, 15) is 9.18 Å². The molecule has 5 rings (SSSR count). The number of aromatic nitrogens is 2. The Bertz CT molecular complexity index is 1130. The van der Waals surface area contributed by atoms with Crippen molar-refractivity contribution in [1.29, 1.82) is 0 Å². The molecular weight excluding hydrogens is 415 g/mol. The van der Waals surface area contributed by atoms with Crippen LogP contribution in [0.1, 0.15) is 48.2 Å². The summed E-state index contributed by atoms with van der Waals surface area (Å²) < 4.78 is 15.3. The second kappa shape index (κ2) is 9.10. The molecule has 2 aliphatic rings. The monoisotopic (exact) mass is 446 g/mol. The molecular formula is C27H31FN4O. The van der Waals surface area contributed by atoms with E-state index in [-0.39, 0.29) is 17.8 Å². The molecule has 0 spiro atoms. The predicted molar refractivity (Wildman–Crippen MR) is 126 cm³/mol. The van der Waals surface area contributed by atoms with Crippen molar-refractivity contribution in [3.63, 3.8) is 0 Å². The molecule has 0 saturated carbocycles. The van der Waals surface area contributed by atoms with Crippen molar-refractivity contribution in [3.05, 3.63) is 82.9 Å². The molecule has 0 bridgehead atoms. The third-order valence-electron chi connectivity index (χ3n) is 7.31. The summed E-state index contributed by atoms with van der Waals surface area (Å²) in [5.41, 5.74) is 5.39. The number of amides is 1. The van der Waals surface area contributed by atoms with Gasteiger partial charge in [-0.1, -0.05) is 30.3 Å². The zero-order valence-electron chi connectivity index (χ0n) is 19.4. The maximum Gasteiger partial charge on any atom is 0.223 e. The van der Waals surface area contributed by atoms with Crippen LogP contribution in [-0.4, -0.2) is 44.1 Å². The predicted octanol–water partition coefficient (Wildman–Crippen LogP) is 4.78. The van der Waals surface area contributed by atoms with Gasteiger partial charge in [-0.05, 0) is 62.9 Å². The van der Waals surface area contributed by atoms with Gasteiger partial charge in [-0.3, -0.25) is 9.69 Å². The van der Waals surface area contributed by atoms with Crippen molar-refractivity contribution in [2.75, 3.05) is 6.54 Å². The van der Waals surface area contributed by atoms with Gasteiger partial charge < -0.3 is 4.90 Å². The lowest BCUT2D eigenvalue weighted by Gasteiger charge is -2.33. The zero-order valence-corrected chi connectivity index (χ0v) is 19.4. The first-order chi connectivity index (χ1) is 16.0. The molecule has 5 nitrogen and oxygen atoms in total. The lowest BCUT2D eigenvalue weighted by atomic mass is 10.0. The summed E-state index contributed by atoms with van der Waals surface area (Å²) in [6.45, 7) is 6.63. The summed E-state index contributed by atoms with van der Waals surface area (Å²) >= 11 is 0. The molecule has 6 heteroatoms. The molecule has 3 heterocycles. The fraction of sp³-hybridized carbons (Fsp3) is 0.407. The Morgan fingerprint density at radius 1 is 0.970 bits per heavy atom. The molecule has 2 fully saturated rings. The number of carbonyl (C=O) groups excluding carboxylic acids is 1. The van der Waals surface area contributed by atoms with E-state index in [1.54, 1.807) is 12.1 Å². The zero-order chi connectivity index (χ0) is 22.9. The minimum absolute atomic E-state index is 0.244. The second-order valence-corrected chi connectivity index (χ2v) is 9.33. The minimum atomic E-state index is -0.244. The summed E-state index contributed by atoms with van der Waals surface area (Å²) in [6, 6.07) is 17.4. The number of rotatable bonds is 5. The topological polar surface area (TPSA) is 41.4 Å². The maximum absolute atomic E-state index is 13.4. The van der Waals surface area contributed by atoms with E-state index in [4.69, 9.17) is 5.10 Å². The van der Waals surface area contributed by atoms with Gasteiger partial charge in [0.1, 0.15) is 5.82 Å². The fourth-order valence-electron chi connectivity index (χ4n) is 5.55. The maximum atomic E-state index is 13.4. The number of halogens is 1. The molecule has 3 aromatic rings. The van der Waals surface area contributed by atoms with Crippen LogP contribution in [0.15, 0.2) is 54.6 Å². The van der Waals surface area contributed by atoms with Gasteiger partial charge in [0, 0.05) is 49.4 Å². The molecule has 0 N–H and O–H groups in total. The van der Waals surface area contributed by atoms with Crippen LogP contribution >= 0.6 is 0 Å². The Labute approximate surface area is 194 Å². The van der Waals surface area contributed by atoms with Crippen molar-refractivity contribution in [3.8, 4) is 5.69 Å². The molecule has 1 aromatic heterocycles. The van der Waals surface area contributed by atoms with Crippen LogP contribution in [0, 0.1) is 19.7 Å². The quantitative estimate of drug-likeness (QED) is 0.566. The van der Waals surface area contributed by atoms with Gasteiger partial charge in [0.2, 0.25) is 5.91 Å². The number of likely N-dealkylation sites (tertiary alicyclic amines) is 2. The van der Waals surface area contributed by atoms with Gasteiger partial charge in [0.15, 0.2) is 0 Å². The number of hydrogen-bond acceptors (Lipinski definition) is 3. The van der Waals surface area contributed by atoms with Crippen molar-refractivity contribution < 1.29 is 9.18 Å². The third-order valence-corrected chi connectivity index (χ3v) is 7.31. The number of benzene rings is 2. The first-order valence-corrected chi connectivity index (χ1v) is 11.9.